The largest absolute Gasteiger partial charge is 0.465 e. The van der Waals surface area contributed by atoms with Crippen LogP contribution in [0.3, 0.4) is 0 Å². The number of nitrogens with one attached hydrogen (secondary N) is 2. The van der Waals surface area contributed by atoms with Crippen molar-refractivity contribution in [3.63, 3.8) is 0 Å². The zero-order chi connectivity index (χ0) is 18.8. The first-order valence-electron chi connectivity index (χ1n) is 9.51. The summed E-state index contributed by atoms with van der Waals surface area (Å²) >= 11 is 0. The average Bonchev–Trinajstić information content (AvgIpc) is 2.64. The molecule has 0 bridgehead atoms. The van der Waals surface area contributed by atoms with Crippen molar-refractivity contribution in [2.24, 2.45) is 10.9 Å². The fourth-order valence-corrected chi connectivity index (χ4v) is 2.66. The van der Waals surface area contributed by atoms with Gasteiger partial charge in [-0.2, -0.15) is 0 Å². The minimum absolute atomic E-state index is 0.189. The van der Waals surface area contributed by atoms with E-state index in [1.165, 1.54) is 0 Å². The van der Waals surface area contributed by atoms with Gasteiger partial charge in [0.15, 0.2) is 0 Å². The van der Waals surface area contributed by atoms with Crippen molar-refractivity contribution in [3.05, 3.63) is 35.4 Å². The highest BCUT2D eigenvalue weighted by Gasteiger charge is 2.13. The van der Waals surface area contributed by atoms with Gasteiger partial charge in [0.05, 0.1) is 26.4 Å². The molecule has 0 aromatic heterocycles. The first kappa shape index (κ1) is 20.4. The lowest BCUT2D eigenvalue weighted by molar-refractivity contribution is -0.908. The Morgan fingerprint density at radius 3 is 2.62 bits per heavy atom. The molecule has 1 aliphatic rings. The Balaban J connectivity index is 1.86. The van der Waals surface area contributed by atoms with Crippen LogP contribution in [0.4, 0.5) is 0 Å². The van der Waals surface area contributed by atoms with Gasteiger partial charge in [-0.1, -0.05) is 31.5 Å². The van der Waals surface area contributed by atoms with Crippen LogP contribution in [0.2, 0.25) is 0 Å². The predicted molar refractivity (Wildman–Crippen MR) is 103 cm³/mol. The lowest BCUT2D eigenvalue weighted by Gasteiger charge is -2.23. The van der Waals surface area contributed by atoms with Crippen molar-refractivity contribution >= 4 is 11.9 Å². The van der Waals surface area contributed by atoms with Crippen LogP contribution in [-0.2, 0) is 9.47 Å². The number of amides is 1. The third-order valence-electron chi connectivity index (χ3n) is 4.23. The molecule has 1 fully saturated rings. The van der Waals surface area contributed by atoms with Gasteiger partial charge in [-0.3, -0.25) is 10.1 Å². The fourth-order valence-electron chi connectivity index (χ4n) is 2.66. The lowest BCUT2D eigenvalue weighted by Crippen LogP contribution is -3.14. The molecule has 1 saturated heterocycles. The van der Waals surface area contributed by atoms with Crippen molar-refractivity contribution < 1.29 is 19.2 Å². The number of quaternary nitrogens is 1. The maximum Gasteiger partial charge on any atom is 0.291 e. The molecule has 2 rings (SSSR count). The van der Waals surface area contributed by atoms with Gasteiger partial charge in [0.25, 0.3) is 11.9 Å². The second-order valence-corrected chi connectivity index (χ2v) is 7.18. The number of ether oxygens (including phenoxy) is 2. The normalized spacial score (nSPS) is 15.9. The molecule has 1 aromatic rings. The molecule has 26 heavy (non-hydrogen) atoms. The van der Waals surface area contributed by atoms with E-state index in [1.807, 2.05) is 31.2 Å². The molecule has 0 unspecified atom stereocenters. The summed E-state index contributed by atoms with van der Waals surface area (Å²) in [6.45, 7) is 12.2. The van der Waals surface area contributed by atoms with Crippen LogP contribution in [0.25, 0.3) is 0 Å². The Morgan fingerprint density at radius 1 is 1.27 bits per heavy atom. The number of rotatable bonds is 7. The van der Waals surface area contributed by atoms with Crippen LogP contribution < -0.4 is 10.2 Å². The Kier molecular flexibility index (Phi) is 8.58. The molecule has 1 amide bonds. The third kappa shape index (κ3) is 7.54. The van der Waals surface area contributed by atoms with E-state index in [0.29, 0.717) is 30.7 Å². The van der Waals surface area contributed by atoms with Gasteiger partial charge >= 0.3 is 0 Å². The van der Waals surface area contributed by atoms with Gasteiger partial charge in [0.2, 0.25) is 0 Å². The average molecular weight is 362 g/mol. The van der Waals surface area contributed by atoms with Gasteiger partial charge in [0.1, 0.15) is 13.1 Å². The Morgan fingerprint density at radius 2 is 1.96 bits per heavy atom. The molecule has 6 nitrogen and oxygen atoms in total. The van der Waals surface area contributed by atoms with E-state index >= 15 is 0 Å². The maximum absolute atomic E-state index is 12.4. The first-order chi connectivity index (χ1) is 12.5. The molecule has 1 heterocycles. The topological polar surface area (TPSA) is 64.4 Å². The second kappa shape index (κ2) is 10.9. The Hall–Kier alpha value is -1.92. The molecule has 0 radical (unpaired) electrons. The molecule has 0 spiro atoms. The number of morpholine rings is 1. The fraction of sp³-hybridized carbons (Fsp3) is 0.600. The Labute approximate surface area is 156 Å². The minimum atomic E-state index is -0.189. The summed E-state index contributed by atoms with van der Waals surface area (Å²) in [6, 6.07) is 7.79. The van der Waals surface area contributed by atoms with Crippen molar-refractivity contribution in [1.29, 1.82) is 0 Å². The van der Waals surface area contributed by atoms with Gasteiger partial charge in [-0.05, 0) is 25.0 Å². The highest BCUT2D eigenvalue weighted by molar-refractivity contribution is 6.04. The summed E-state index contributed by atoms with van der Waals surface area (Å²) in [5.74, 6) is 0.181. The number of nitrogens with zero attached hydrogens (tertiary/aromatic N) is 1. The molecule has 144 valence electrons. The van der Waals surface area contributed by atoms with Gasteiger partial charge in [0, 0.05) is 18.5 Å². The SMILES string of the molecule is Cc1ccc(C(=O)NC(=NCCC[NH+]2CCOCC2)OCC(C)C)cc1. The maximum atomic E-state index is 12.4. The van der Waals surface area contributed by atoms with E-state index in [9.17, 15) is 4.79 Å². The molecular formula is C20H32N3O3+. The molecule has 0 aliphatic carbocycles. The van der Waals surface area contributed by atoms with Crippen LogP contribution in [0.5, 0.6) is 0 Å². The minimum Gasteiger partial charge on any atom is -0.465 e. The summed E-state index contributed by atoms with van der Waals surface area (Å²) in [5, 5.41) is 2.81. The number of carbonyl (C=O) groups is 1. The molecular weight excluding hydrogens is 330 g/mol. The first-order valence-corrected chi connectivity index (χ1v) is 9.51. The van der Waals surface area contributed by atoms with Crippen molar-refractivity contribution in [2.45, 2.75) is 27.2 Å². The van der Waals surface area contributed by atoms with Crippen molar-refractivity contribution in [1.82, 2.24) is 5.32 Å². The summed E-state index contributed by atoms with van der Waals surface area (Å²) in [6.07, 6.45) is 0.963. The van der Waals surface area contributed by atoms with E-state index in [2.05, 4.69) is 24.2 Å². The molecule has 1 aliphatic heterocycles. The predicted octanol–water partition coefficient (Wildman–Crippen LogP) is 1.06. The van der Waals surface area contributed by atoms with Gasteiger partial charge < -0.3 is 14.4 Å². The van der Waals surface area contributed by atoms with Crippen LogP contribution >= 0.6 is 0 Å². The van der Waals surface area contributed by atoms with Crippen molar-refractivity contribution in [2.75, 3.05) is 46.0 Å². The number of hydrogen-bond acceptors (Lipinski definition) is 4. The van der Waals surface area contributed by atoms with Crippen LogP contribution in [0, 0.1) is 12.8 Å². The highest BCUT2D eigenvalue weighted by Crippen LogP contribution is 2.03. The third-order valence-corrected chi connectivity index (χ3v) is 4.23. The Bertz CT molecular complexity index is 578. The number of benzene rings is 1. The number of aryl methyl sites for hydroxylation is 1. The molecule has 0 saturated carbocycles. The number of amidine groups is 1. The van der Waals surface area contributed by atoms with E-state index in [-0.39, 0.29) is 5.91 Å². The summed E-state index contributed by atoms with van der Waals surface area (Å²) < 4.78 is 11.1. The van der Waals surface area contributed by atoms with Crippen LogP contribution in [0.1, 0.15) is 36.2 Å². The molecule has 1 aromatic carbocycles. The monoisotopic (exact) mass is 362 g/mol. The lowest BCUT2D eigenvalue weighted by atomic mass is 10.1. The number of aliphatic imine (C=N–C) groups is 1. The molecule has 2 N–H and O–H groups in total. The van der Waals surface area contributed by atoms with E-state index in [4.69, 9.17) is 9.47 Å². The van der Waals surface area contributed by atoms with Gasteiger partial charge in [-0.15, -0.1) is 0 Å². The zero-order valence-electron chi connectivity index (χ0n) is 16.2. The quantitative estimate of drug-likeness (QED) is 0.433. The van der Waals surface area contributed by atoms with E-state index in [1.54, 1.807) is 4.90 Å². The standard InChI is InChI=1S/C20H31N3O3/c1-16(2)15-26-20(21-9-4-10-23-11-13-25-14-12-23)22-19(24)18-7-5-17(3)6-8-18/h5-8,16H,4,9-15H2,1-3H3,(H,21,22,24)/p+1. The summed E-state index contributed by atoms with van der Waals surface area (Å²) in [5.41, 5.74) is 1.73. The summed E-state index contributed by atoms with van der Waals surface area (Å²) in [4.78, 5) is 18.4. The smallest absolute Gasteiger partial charge is 0.291 e. The zero-order valence-corrected chi connectivity index (χ0v) is 16.2. The second-order valence-electron chi connectivity index (χ2n) is 7.18. The van der Waals surface area contributed by atoms with E-state index < -0.39 is 0 Å². The number of hydrogen-bond donors (Lipinski definition) is 2. The molecule has 0 atom stereocenters. The van der Waals surface area contributed by atoms with E-state index in [0.717, 1.165) is 44.8 Å². The summed E-state index contributed by atoms with van der Waals surface area (Å²) in [7, 11) is 0. The number of carbonyl (C=O) groups excluding carboxylic acids is 1. The van der Waals surface area contributed by atoms with Gasteiger partial charge in [-0.25, -0.2) is 4.99 Å². The van der Waals surface area contributed by atoms with Crippen molar-refractivity contribution in [3.8, 4) is 0 Å². The highest BCUT2D eigenvalue weighted by atomic mass is 16.5. The molecule has 6 heteroatoms. The van der Waals surface area contributed by atoms with Crippen LogP contribution in [-0.4, -0.2) is 57.9 Å². The van der Waals surface area contributed by atoms with Crippen LogP contribution in [0.15, 0.2) is 29.3 Å².